The molecule has 0 saturated carbocycles. The Labute approximate surface area is 155 Å². The predicted molar refractivity (Wildman–Crippen MR) is 98.2 cm³/mol. The Morgan fingerprint density at radius 3 is 2.56 bits per heavy atom. The number of hydrogen-bond donors (Lipinski definition) is 2. The fraction of sp³-hybridized carbons (Fsp3) is 0.158. The second-order valence-electron chi connectivity index (χ2n) is 5.65. The van der Waals surface area contributed by atoms with Gasteiger partial charge in [-0.1, -0.05) is 30.3 Å². The molecule has 8 heteroatoms. The smallest absolute Gasteiger partial charge is 0.348 e. The van der Waals surface area contributed by atoms with E-state index in [0.717, 1.165) is 0 Å². The second kappa shape index (κ2) is 8.13. The van der Waals surface area contributed by atoms with Gasteiger partial charge < -0.3 is 14.8 Å². The van der Waals surface area contributed by atoms with Crippen molar-refractivity contribution < 1.29 is 23.9 Å². The van der Waals surface area contributed by atoms with E-state index in [1.54, 1.807) is 30.3 Å². The summed E-state index contributed by atoms with van der Waals surface area (Å²) < 4.78 is 10.9. The van der Waals surface area contributed by atoms with E-state index in [-0.39, 0.29) is 24.6 Å². The van der Waals surface area contributed by atoms with Gasteiger partial charge >= 0.3 is 6.03 Å². The first kappa shape index (κ1) is 18.1. The molecule has 138 valence electrons. The van der Waals surface area contributed by atoms with Crippen LogP contribution in [0.1, 0.15) is 5.56 Å². The summed E-state index contributed by atoms with van der Waals surface area (Å²) in [6.07, 6.45) is 0.0738. The number of aliphatic imine (C=N–C) groups is 1. The van der Waals surface area contributed by atoms with Crippen LogP contribution in [0.5, 0.6) is 11.5 Å². The Morgan fingerprint density at radius 1 is 1.11 bits per heavy atom. The fourth-order valence-electron chi connectivity index (χ4n) is 2.55. The van der Waals surface area contributed by atoms with Crippen LogP contribution in [0.25, 0.3) is 0 Å². The molecule has 1 heterocycles. The number of benzene rings is 2. The fourth-order valence-corrected chi connectivity index (χ4v) is 2.55. The minimum atomic E-state index is -0.692. The highest BCUT2D eigenvalue weighted by Gasteiger charge is 2.25. The molecule has 0 spiro atoms. The summed E-state index contributed by atoms with van der Waals surface area (Å²) >= 11 is 0. The van der Waals surface area contributed by atoms with Gasteiger partial charge in [-0.3, -0.25) is 14.9 Å². The average molecular weight is 367 g/mol. The van der Waals surface area contributed by atoms with Crippen LogP contribution in [0.2, 0.25) is 0 Å². The van der Waals surface area contributed by atoms with E-state index in [4.69, 9.17) is 9.47 Å². The van der Waals surface area contributed by atoms with Crippen molar-refractivity contribution in [2.24, 2.45) is 4.99 Å². The summed E-state index contributed by atoms with van der Waals surface area (Å²) in [4.78, 5) is 38.7. The van der Waals surface area contributed by atoms with E-state index in [0.29, 0.717) is 22.7 Å². The van der Waals surface area contributed by atoms with E-state index in [1.165, 1.54) is 7.11 Å². The Kier molecular flexibility index (Phi) is 5.46. The Morgan fingerprint density at radius 2 is 1.89 bits per heavy atom. The molecule has 1 aliphatic rings. The number of hydrogen-bond acceptors (Lipinski definition) is 5. The number of carbonyl (C=O) groups is 3. The van der Waals surface area contributed by atoms with Crippen molar-refractivity contribution in [3.8, 4) is 11.5 Å². The first-order chi connectivity index (χ1) is 13.1. The summed E-state index contributed by atoms with van der Waals surface area (Å²) in [6.45, 7) is -0.250. The zero-order chi connectivity index (χ0) is 19.2. The van der Waals surface area contributed by atoms with Crippen molar-refractivity contribution in [1.29, 1.82) is 0 Å². The number of amides is 4. The number of rotatable bonds is 7. The average Bonchev–Trinajstić information content (AvgIpc) is 2.98. The highest BCUT2D eigenvalue weighted by molar-refractivity contribution is 6.46. The molecule has 3 rings (SSSR count). The number of urea groups is 1. The number of imide groups is 1. The third-order valence-electron chi connectivity index (χ3n) is 3.76. The van der Waals surface area contributed by atoms with Crippen molar-refractivity contribution in [3.05, 3.63) is 54.1 Å². The monoisotopic (exact) mass is 367 g/mol. The molecule has 2 N–H and O–H groups in total. The molecule has 0 radical (unpaired) electrons. The highest BCUT2D eigenvalue weighted by atomic mass is 16.5. The van der Waals surface area contributed by atoms with Gasteiger partial charge in [0.15, 0.2) is 18.1 Å². The van der Waals surface area contributed by atoms with Gasteiger partial charge in [0, 0.05) is 17.7 Å². The molecule has 0 fully saturated rings. The van der Waals surface area contributed by atoms with Crippen molar-refractivity contribution in [3.63, 3.8) is 0 Å². The Bertz CT molecular complexity index is 909. The van der Waals surface area contributed by atoms with Gasteiger partial charge in [-0.2, -0.15) is 4.99 Å². The maximum atomic E-state index is 12.1. The number of para-hydroxylation sites is 2. The van der Waals surface area contributed by atoms with Crippen molar-refractivity contribution in [2.75, 3.05) is 19.0 Å². The van der Waals surface area contributed by atoms with E-state index in [1.807, 2.05) is 18.2 Å². The van der Waals surface area contributed by atoms with E-state index in [9.17, 15) is 14.4 Å². The molecular formula is C19H17N3O5. The normalized spacial score (nSPS) is 13.0. The summed E-state index contributed by atoms with van der Waals surface area (Å²) in [5.74, 6) is -0.164. The van der Waals surface area contributed by atoms with Gasteiger partial charge in [-0.05, 0) is 18.2 Å². The van der Waals surface area contributed by atoms with E-state index >= 15 is 0 Å². The van der Waals surface area contributed by atoms with Crippen molar-refractivity contribution >= 4 is 29.2 Å². The van der Waals surface area contributed by atoms with Crippen molar-refractivity contribution in [2.45, 2.75) is 6.42 Å². The lowest BCUT2D eigenvalue weighted by Gasteiger charge is -2.15. The summed E-state index contributed by atoms with van der Waals surface area (Å²) in [5.41, 5.74) is 1.30. The van der Waals surface area contributed by atoms with Gasteiger partial charge in [0.05, 0.1) is 7.11 Å². The van der Waals surface area contributed by atoms with Crippen LogP contribution in [0.3, 0.4) is 0 Å². The SMILES string of the molecule is COc1cccc(CC2=NC(=O)NC2=O)c1OCC(=O)Nc1ccccc1. The maximum absolute atomic E-state index is 12.1. The standard InChI is InChI=1S/C19H17N3O5/c1-26-15-9-5-6-12(10-14-18(24)22-19(25)21-14)17(15)27-11-16(23)20-13-7-3-2-4-8-13/h2-9H,10-11H2,1H3,(H,20,23)(H,22,24,25). The highest BCUT2D eigenvalue weighted by Crippen LogP contribution is 2.32. The van der Waals surface area contributed by atoms with Crippen LogP contribution >= 0.6 is 0 Å². The molecule has 0 aliphatic carbocycles. The summed E-state index contributed by atoms with van der Waals surface area (Å²) in [6, 6.07) is 13.4. The summed E-state index contributed by atoms with van der Waals surface area (Å²) in [5, 5.41) is 4.81. The molecule has 2 aromatic rings. The van der Waals surface area contributed by atoms with Crippen LogP contribution < -0.4 is 20.1 Å². The van der Waals surface area contributed by atoms with Gasteiger partial charge in [0.2, 0.25) is 0 Å². The lowest BCUT2D eigenvalue weighted by molar-refractivity contribution is -0.118. The minimum absolute atomic E-state index is 0.0738. The molecule has 1 aliphatic heterocycles. The molecule has 0 saturated heterocycles. The minimum Gasteiger partial charge on any atom is -0.493 e. The first-order valence-corrected chi connectivity index (χ1v) is 8.13. The molecule has 0 atom stereocenters. The zero-order valence-corrected chi connectivity index (χ0v) is 14.5. The van der Waals surface area contributed by atoms with Gasteiger partial charge in [0.1, 0.15) is 5.71 Å². The van der Waals surface area contributed by atoms with Crippen LogP contribution in [0.15, 0.2) is 53.5 Å². The number of carbonyl (C=O) groups excluding carboxylic acids is 3. The molecule has 0 aromatic heterocycles. The molecule has 4 amide bonds. The van der Waals surface area contributed by atoms with Crippen LogP contribution in [-0.4, -0.2) is 37.3 Å². The Hall–Kier alpha value is -3.68. The number of nitrogens with one attached hydrogen (secondary N) is 2. The number of methoxy groups -OCH3 is 1. The molecule has 2 aromatic carbocycles. The molecule has 8 nitrogen and oxygen atoms in total. The lowest BCUT2D eigenvalue weighted by atomic mass is 10.1. The third kappa shape index (κ3) is 4.49. The van der Waals surface area contributed by atoms with Gasteiger partial charge in [-0.25, -0.2) is 4.79 Å². The molecule has 0 bridgehead atoms. The number of nitrogens with zero attached hydrogens (tertiary/aromatic N) is 1. The van der Waals surface area contributed by atoms with Crippen molar-refractivity contribution in [1.82, 2.24) is 5.32 Å². The number of ether oxygens (including phenoxy) is 2. The van der Waals surface area contributed by atoms with E-state index < -0.39 is 11.9 Å². The lowest BCUT2D eigenvalue weighted by Crippen LogP contribution is -2.26. The second-order valence-corrected chi connectivity index (χ2v) is 5.65. The topological polar surface area (TPSA) is 106 Å². The van der Waals surface area contributed by atoms with Crippen LogP contribution in [-0.2, 0) is 16.0 Å². The Balaban J connectivity index is 1.73. The zero-order valence-electron chi connectivity index (χ0n) is 14.5. The van der Waals surface area contributed by atoms with Crippen LogP contribution in [0, 0.1) is 0 Å². The van der Waals surface area contributed by atoms with E-state index in [2.05, 4.69) is 15.6 Å². The molecule has 0 unspecified atom stereocenters. The summed E-state index contributed by atoms with van der Waals surface area (Å²) in [7, 11) is 1.47. The largest absolute Gasteiger partial charge is 0.493 e. The first-order valence-electron chi connectivity index (χ1n) is 8.13. The predicted octanol–water partition coefficient (Wildman–Crippen LogP) is 1.95. The molecular weight excluding hydrogens is 350 g/mol. The maximum Gasteiger partial charge on any atom is 0.348 e. The third-order valence-corrected chi connectivity index (χ3v) is 3.76. The van der Waals surface area contributed by atoms with Gasteiger partial charge in [-0.15, -0.1) is 0 Å². The van der Waals surface area contributed by atoms with Gasteiger partial charge in [0.25, 0.3) is 11.8 Å². The number of anilines is 1. The van der Waals surface area contributed by atoms with Crippen LogP contribution in [0.4, 0.5) is 10.5 Å². The quantitative estimate of drug-likeness (QED) is 0.778. The molecule has 27 heavy (non-hydrogen) atoms.